The van der Waals surface area contributed by atoms with Crippen LogP contribution in [0.4, 0.5) is 5.69 Å². The Morgan fingerprint density at radius 3 is 2.36 bits per heavy atom. The summed E-state index contributed by atoms with van der Waals surface area (Å²) in [7, 11) is 0. The average molecular weight is 345 g/mol. The van der Waals surface area contributed by atoms with Crippen molar-refractivity contribution in [2.45, 2.75) is 32.2 Å². The number of benzene rings is 1. The van der Waals surface area contributed by atoms with Crippen molar-refractivity contribution in [2.75, 3.05) is 11.9 Å². The van der Waals surface area contributed by atoms with Gasteiger partial charge in [0.05, 0.1) is 0 Å². The van der Waals surface area contributed by atoms with Gasteiger partial charge in [-0.3, -0.25) is 9.59 Å². The molecular formula is C15H18Cl2N2O3. The lowest BCUT2D eigenvalue weighted by atomic mass is 10.1. The molecule has 0 aliphatic heterocycles. The molecule has 2 rings (SSSR count). The largest absolute Gasteiger partial charge is 0.396 e. The lowest BCUT2D eigenvalue weighted by molar-refractivity contribution is -0.136. The molecule has 120 valence electrons. The SMILES string of the molecule is Cc1c(Cl)cc(NC(=O)C(=O)NC(CCO)C2CC2)cc1Cl. The van der Waals surface area contributed by atoms with Crippen LogP contribution in [0.2, 0.25) is 10.0 Å². The molecule has 1 saturated carbocycles. The molecule has 1 fully saturated rings. The van der Waals surface area contributed by atoms with Gasteiger partial charge in [-0.15, -0.1) is 0 Å². The Morgan fingerprint density at radius 2 is 1.86 bits per heavy atom. The minimum absolute atomic E-state index is 0.0216. The molecular weight excluding hydrogens is 327 g/mol. The Balaban J connectivity index is 1.97. The van der Waals surface area contributed by atoms with E-state index in [-0.39, 0.29) is 12.6 Å². The van der Waals surface area contributed by atoms with Crippen molar-refractivity contribution >= 4 is 40.7 Å². The van der Waals surface area contributed by atoms with Crippen molar-refractivity contribution in [1.82, 2.24) is 5.32 Å². The van der Waals surface area contributed by atoms with Crippen LogP contribution in [0.3, 0.4) is 0 Å². The van der Waals surface area contributed by atoms with E-state index in [0.29, 0.717) is 33.6 Å². The van der Waals surface area contributed by atoms with E-state index in [4.69, 9.17) is 28.3 Å². The Labute approximate surface area is 139 Å². The van der Waals surface area contributed by atoms with Gasteiger partial charge in [0.2, 0.25) is 0 Å². The summed E-state index contributed by atoms with van der Waals surface area (Å²) < 4.78 is 0. The van der Waals surface area contributed by atoms with Crippen molar-refractivity contribution in [3.8, 4) is 0 Å². The molecule has 5 nitrogen and oxygen atoms in total. The number of nitrogens with one attached hydrogen (secondary N) is 2. The summed E-state index contributed by atoms with van der Waals surface area (Å²) in [5.41, 5.74) is 1.08. The molecule has 1 aliphatic rings. The third-order valence-corrected chi connectivity index (χ3v) is 4.48. The number of rotatable bonds is 5. The van der Waals surface area contributed by atoms with E-state index in [1.807, 2.05) is 0 Å². The van der Waals surface area contributed by atoms with Gasteiger partial charge >= 0.3 is 11.8 Å². The van der Waals surface area contributed by atoms with E-state index < -0.39 is 11.8 Å². The highest BCUT2D eigenvalue weighted by molar-refractivity contribution is 6.40. The maximum Gasteiger partial charge on any atom is 0.313 e. The smallest absolute Gasteiger partial charge is 0.313 e. The predicted octanol–water partition coefficient (Wildman–Crippen LogP) is 2.52. The molecule has 3 N–H and O–H groups in total. The van der Waals surface area contributed by atoms with Crippen LogP contribution in [0.15, 0.2) is 12.1 Å². The molecule has 0 aromatic heterocycles. The minimum atomic E-state index is -0.778. The zero-order valence-electron chi connectivity index (χ0n) is 12.2. The Hall–Kier alpha value is -1.30. The van der Waals surface area contributed by atoms with Crippen LogP contribution in [-0.2, 0) is 9.59 Å². The van der Waals surface area contributed by atoms with Gasteiger partial charge in [0, 0.05) is 28.4 Å². The first-order valence-corrected chi connectivity index (χ1v) is 7.86. The van der Waals surface area contributed by atoms with Crippen LogP contribution >= 0.6 is 23.2 Å². The summed E-state index contributed by atoms with van der Waals surface area (Å²) in [6.45, 7) is 1.74. The van der Waals surface area contributed by atoms with Crippen LogP contribution in [0.25, 0.3) is 0 Å². The van der Waals surface area contributed by atoms with Crippen molar-refractivity contribution in [3.63, 3.8) is 0 Å². The fraction of sp³-hybridized carbons (Fsp3) is 0.467. The summed E-state index contributed by atoms with van der Waals surface area (Å²) in [5, 5.41) is 15.0. The predicted molar refractivity (Wildman–Crippen MR) is 86.2 cm³/mol. The summed E-state index contributed by atoms with van der Waals surface area (Å²) in [6.07, 6.45) is 2.47. The number of aliphatic hydroxyl groups excluding tert-OH is 1. The Kier molecular flexibility index (Phi) is 5.67. The maximum absolute atomic E-state index is 11.9. The zero-order valence-corrected chi connectivity index (χ0v) is 13.7. The normalized spacial score (nSPS) is 15.3. The van der Waals surface area contributed by atoms with Crippen LogP contribution < -0.4 is 10.6 Å². The lowest BCUT2D eigenvalue weighted by Crippen LogP contribution is -2.43. The third-order valence-electron chi connectivity index (χ3n) is 3.69. The third kappa shape index (κ3) is 4.35. The molecule has 1 unspecified atom stereocenters. The van der Waals surface area contributed by atoms with Gasteiger partial charge in [-0.25, -0.2) is 0 Å². The lowest BCUT2D eigenvalue weighted by Gasteiger charge is -2.17. The van der Waals surface area contributed by atoms with Crippen molar-refractivity contribution in [3.05, 3.63) is 27.7 Å². The van der Waals surface area contributed by atoms with Gasteiger partial charge in [0.25, 0.3) is 0 Å². The zero-order chi connectivity index (χ0) is 16.3. The van der Waals surface area contributed by atoms with Gasteiger partial charge in [-0.1, -0.05) is 23.2 Å². The Morgan fingerprint density at radius 1 is 1.27 bits per heavy atom. The van der Waals surface area contributed by atoms with Gasteiger partial charge in [-0.05, 0) is 49.8 Å². The van der Waals surface area contributed by atoms with Crippen molar-refractivity contribution < 1.29 is 14.7 Å². The molecule has 0 bridgehead atoms. The first-order valence-electron chi connectivity index (χ1n) is 7.10. The second kappa shape index (κ2) is 7.31. The van der Waals surface area contributed by atoms with E-state index in [9.17, 15) is 9.59 Å². The fourth-order valence-corrected chi connectivity index (χ4v) is 2.69. The van der Waals surface area contributed by atoms with Crippen LogP contribution in [-0.4, -0.2) is 29.6 Å². The van der Waals surface area contributed by atoms with E-state index in [1.54, 1.807) is 19.1 Å². The van der Waals surface area contributed by atoms with Gasteiger partial charge in [0.1, 0.15) is 0 Å². The van der Waals surface area contributed by atoms with Gasteiger partial charge in [0.15, 0.2) is 0 Å². The number of anilines is 1. The summed E-state index contributed by atoms with van der Waals surface area (Å²) in [4.78, 5) is 23.9. The van der Waals surface area contributed by atoms with Crippen molar-refractivity contribution in [2.24, 2.45) is 5.92 Å². The van der Waals surface area contributed by atoms with E-state index in [1.165, 1.54) is 0 Å². The standard InChI is InChI=1S/C15H18Cl2N2O3/c1-8-11(16)6-10(7-12(8)17)18-14(21)15(22)19-13(4-5-20)9-2-3-9/h6-7,9,13,20H,2-5H2,1H3,(H,18,21)(H,19,22). The Bertz CT molecular complexity index is 565. The van der Waals surface area contributed by atoms with Crippen molar-refractivity contribution in [1.29, 1.82) is 0 Å². The summed E-state index contributed by atoms with van der Waals surface area (Å²) in [6, 6.07) is 2.92. The molecule has 0 saturated heterocycles. The highest BCUT2D eigenvalue weighted by atomic mass is 35.5. The number of halogens is 2. The number of hydrogen-bond donors (Lipinski definition) is 3. The second-order valence-electron chi connectivity index (χ2n) is 5.45. The molecule has 0 heterocycles. The average Bonchev–Trinajstić information content (AvgIpc) is 3.28. The van der Waals surface area contributed by atoms with Crippen LogP contribution in [0.5, 0.6) is 0 Å². The molecule has 22 heavy (non-hydrogen) atoms. The topological polar surface area (TPSA) is 78.4 Å². The number of hydrogen-bond acceptors (Lipinski definition) is 3. The second-order valence-corrected chi connectivity index (χ2v) is 6.26. The molecule has 7 heteroatoms. The quantitative estimate of drug-likeness (QED) is 0.718. The highest BCUT2D eigenvalue weighted by Gasteiger charge is 2.33. The summed E-state index contributed by atoms with van der Waals surface area (Å²) in [5.74, 6) is -1.15. The molecule has 2 amide bonds. The summed E-state index contributed by atoms with van der Waals surface area (Å²) >= 11 is 12.0. The molecule has 1 aliphatic carbocycles. The first kappa shape index (κ1) is 17.1. The first-order chi connectivity index (χ1) is 10.4. The molecule has 1 atom stereocenters. The maximum atomic E-state index is 11.9. The highest BCUT2D eigenvalue weighted by Crippen LogP contribution is 2.34. The van der Waals surface area contributed by atoms with E-state index >= 15 is 0 Å². The van der Waals surface area contributed by atoms with Crippen LogP contribution in [0.1, 0.15) is 24.8 Å². The molecule has 0 radical (unpaired) electrons. The van der Waals surface area contributed by atoms with Gasteiger partial charge in [-0.2, -0.15) is 0 Å². The van der Waals surface area contributed by atoms with E-state index in [2.05, 4.69) is 10.6 Å². The minimum Gasteiger partial charge on any atom is -0.396 e. The number of carbonyl (C=O) groups excluding carboxylic acids is 2. The number of carbonyl (C=O) groups is 2. The van der Waals surface area contributed by atoms with Gasteiger partial charge < -0.3 is 15.7 Å². The van der Waals surface area contributed by atoms with E-state index in [0.717, 1.165) is 12.8 Å². The number of amides is 2. The van der Waals surface area contributed by atoms with Crippen LogP contribution in [0, 0.1) is 12.8 Å². The molecule has 1 aromatic carbocycles. The fourth-order valence-electron chi connectivity index (χ4n) is 2.20. The monoisotopic (exact) mass is 344 g/mol. The molecule has 0 spiro atoms. The number of aliphatic hydroxyl groups is 1. The molecule has 1 aromatic rings.